The summed E-state index contributed by atoms with van der Waals surface area (Å²) < 4.78 is 68.1. The predicted octanol–water partition coefficient (Wildman–Crippen LogP) is 4.08. The lowest BCUT2D eigenvalue weighted by Crippen LogP contribution is -2.23. The number of methoxy groups -OCH3 is 1. The van der Waals surface area contributed by atoms with E-state index in [-0.39, 0.29) is 17.0 Å². The molecule has 7 nitrogen and oxygen atoms in total. The normalized spacial score (nSPS) is 11.9. The summed E-state index contributed by atoms with van der Waals surface area (Å²) in [7, 11) is -4.37. The number of hydrogen-bond acceptors (Lipinski definition) is 5. The summed E-state index contributed by atoms with van der Waals surface area (Å²) in [5, 5.41) is 6.85. The van der Waals surface area contributed by atoms with Crippen LogP contribution in [0.3, 0.4) is 0 Å². The predicted molar refractivity (Wildman–Crippen MR) is 103 cm³/mol. The van der Waals surface area contributed by atoms with Crippen LogP contribution in [-0.4, -0.2) is 36.7 Å². The van der Waals surface area contributed by atoms with Crippen molar-refractivity contribution in [3.63, 3.8) is 0 Å². The Bertz CT molecular complexity index is 1210. The number of amides is 1. The van der Waals surface area contributed by atoms with Gasteiger partial charge >= 0.3 is 5.51 Å². The minimum absolute atomic E-state index is 0.0216. The number of alkyl halides is 3. The number of carbonyl (C=O) groups is 1. The maximum atomic E-state index is 12.8. The summed E-state index contributed by atoms with van der Waals surface area (Å²) in [5.41, 5.74) is -5.08. The third-order valence-corrected chi connectivity index (χ3v) is 5.67. The van der Waals surface area contributed by atoms with Crippen molar-refractivity contribution in [1.82, 2.24) is 9.78 Å². The van der Waals surface area contributed by atoms with E-state index in [1.165, 1.54) is 24.2 Å². The lowest BCUT2D eigenvalue weighted by atomic mass is 10.2. The maximum absolute atomic E-state index is 12.8. The second kappa shape index (κ2) is 8.00. The number of sulfone groups is 1. The summed E-state index contributed by atoms with van der Waals surface area (Å²) >= 11 is 5.92. The van der Waals surface area contributed by atoms with E-state index in [0.717, 1.165) is 12.1 Å². The van der Waals surface area contributed by atoms with Gasteiger partial charge in [-0.15, -0.1) is 0 Å². The highest BCUT2D eigenvalue weighted by atomic mass is 35.5. The molecule has 0 aliphatic rings. The molecule has 0 saturated heterocycles. The van der Waals surface area contributed by atoms with Crippen molar-refractivity contribution in [2.45, 2.75) is 10.4 Å². The number of rotatable bonds is 5. The number of hydrogen-bond donors (Lipinski definition) is 1. The highest BCUT2D eigenvalue weighted by molar-refractivity contribution is 7.92. The molecule has 0 atom stereocenters. The van der Waals surface area contributed by atoms with Crippen molar-refractivity contribution in [3.05, 3.63) is 65.4 Å². The van der Waals surface area contributed by atoms with Crippen LogP contribution < -0.4 is 10.1 Å². The van der Waals surface area contributed by atoms with Gasteiger partial charge in [0.2, 0.25) is 0 Å². The van der Waals surface area contributed by atoms with Gasteiger partial charge in [0.15, 0.2) is 0 Å². The molecule has 0 fully saturated rings. The van der Waals surface area contributed by atoms with Crippen molar-refractivity contribution in [2.24, 2.45) is 0 Å². The molecule has 0 unspecified atom stereocenters. The molecule has 0 saturated carbocycles. The molecule has 3 rings (SSSR count). The van der Waals surface area contributed by atoms with E-state index in [2.05, 4.69) is 10.4 Å². The molecule has 0 radical (unpaired) electrons. The van der Waals surface area contributed by atoms with Gasteiger partial charge in [-0.1, -0.05) is 17.7 Å². The van der Waals surface area contributed by atoms with Gasteiger partial charge in [0.25, 0.3) is 15.7 Å². The topological polar surface area (TPSA) is 90.3 Å². The molecular formula is C18H13ClF3N3O4S. The largest absolute Gasteiger partial charge is 0.501 e. The summed E-state index contributed by atoms with van der Waals surface area (Å²) in [6.07, 6.45) is 2.61. The van der Waals surface area contributed by atoms with Gasteiger partial charge in [-0.05, 0) is 36.4 Å². The first-order chi connectivity index (χ1) is 14.0. The van der Waals surface area contributed by atoms with E-state index < -0.39 is 26.1 Å². The molecule has 1 heterocycles. The molecule has 3 aromatic rings. The Morgan fingerprint density at radius 1 is 1.20 bits per heavy atom. The van der Waals surface area contributed by atoms with Crippen LogP contribution in [0, 0.1) is 0 Å². The van der Waals surface area contributed by atoms with Gasteiger partial charge in [0, 0.05) is 11.2 Å². The van der Waals surface area contributed by atoms with Crippen LogP contribution in [0.1, 0.15) is 10.4 Å². The van der Waals surface area contributed by atoms with Gasteiger partial charge in [-0.2, -0.15) is 18.3 Å². The van der Waals surface area contributed by atoms with Crippen LogP contribution in [0.15, 0.2) is 59.8 Å². The second-order valence-corrected chi connectivity index (χ2v) is 8.30. The molecule has 158 valence electrons. The van der Waals surface area contributed by atoms with E-state index in [1.807, 2.05) is 0 Å². The van der Waals surface area contributed by atoms with Crippen molar-refractivity contribution in [3.8, 4) is 11.4 Å². The number of aromatic nitrogens is 2. The quantitative estimate of drug-likeness (QED) is 0.621. The molecule has 2 aromatic carbocycles. The number of carbonyl (C=O) groups excluding carboxylic acids is 1. The van der Waals surface area contributed by atoms with E-state index in [9.17, 15) is 26.4 Å². The summed E-state index contributed by atoms with van der Waals surface area (Å²) in [6.45, 7) is 0. The third-order valence-electron chi connectivity index (χ3n) is 3.95. The van der Waals surface area contributed by atoms with Gasteiger partial charge in [-0.3, -0.25) is 4.79 Å². The summed E-state index contributed by atoms with van der Waals surface area (Å²) in [4.78, 5) is 11.5. The lowest BCUT2D eigenvalue weighted by molar-refractivity contribution is -0.0436. The average Bonchev–Trinajstić information content (AvgIpc) is 3.17. The van der Waals surface area contributed by atoms with Crippen LogP contribution in [0.4, 0.5) is 18.9 Å². The van der Waals surface area contributed by atoms with Crippen LogP contribution in [-0.2, 0) is 9.84 Å². The molecule has 30 heavy (non-hydrogen) atoms. The number of anilines is 1. The smallest absolute Gasteiger partial charge is 0.495 e. The Morgan fingerprint density at radius 3 is 2.57 bits per heavy atom. The standard InChI is InChI=1S/C18H13ClF3N3O4S/c1-29-16-6-5-14(30(27,28)18(20,21)22)8-15(16)24-17(26)11-9-23-25(10-11)13-4-2-3-12(19)7-13/h2-10H,1H3,(H,24,26). The van der Waals surface area contributed by atoms with Crippen LogP contribution in [0.25, 0.3) is 5.69 Å². The van der Waals surface area contributed by atoms with Gasteiger partial charge < -0.3 is 10.1 Å². The fraction of sp³-hybridized carbons (Fsp3) is 0.111. The molecule has 1 amide bonds. The van der Waals surface area contributed by atoms with Crippen molar-refractivity contribution in [2.75, 3.05) is 12.4 Å². The monoisotopic (exact) mass is 459 g/mol. The fourth-order valence-corrected chi connectivity index (χ4v) is 3.45. The molecule has 12 heteroatoms. The zero-order valence-electron chi connectivity index (χ0n) is 15.1. The van der Waals surface area contributed by atoms with Gasteiger partial charge in [0.1, 0.15) is 5.75 Å². The highest BCUT2D eigenvalue weighted by Crippen LogP contribution is 2.34. The third kappa shape index (κ3) is 4.26. The Morgan fingerprint density at radius 2 is 1.93 bits per heavy atom. The SMILES string of the molecule is COc1ccc(S(=O)(=O)C(F)(F)F)cc1NC(=O)c1cnn(-c2cccc(Cl)c2)c1. The number of nitrogens with zero attached hydrogens (tertiary/aromatic N) is 2. The molecule has 0 bridgehead atoms. The van der Waals surface area contributed by atoms with Crippen LogP contribution >= 0.6 is 11.6 Å². The summed E-state index contributed by atoms with van der Waals surface area (Å²) in [5.74, 6) is -0.755. The summed E-state index contributed by atoms with van der Waals surface area (Å²) in [6, 6.07) is 9.12. The molecule has 1 N–H and O–H groups in total. The Labute approximate surface area is 173 Å². The Hall–Kier alpha value is -3.05. The van der Waals surface area contributed by atoms with E-state index >= 15 is 0 Å². The number of benzene rings is 2. The highest BCUT2D eigenvalue weighted by Gasteiger charge is 2.47. The van der Waals surface area contributed by atoms with Gasteiger partial charge in [0.05, 0.1) is 35.1 Å². The molecular weight excluding hydrogens is 447 g/mol. The zero-order valence-corrected chi connectivity index (χ0v) is 16.7. The Kier molecular flexibility index (Phi) is 5.77. The first kappa shape index (κ1) is 21.7. The maximum Gasteiger partial charge on any atom is 0.501 e. The second-order valence-electron chi connectivity index (χ2n) is 5.92. The lowest BCUT2D eigenvalue weighted by Gasteiger charge is -2.13. The first-order valence-electron chi connectivity index (χ1n) is 8.14. The Balaban J connectivity index is 1.91. The minimum atomic E-state index is -5.60. The van der Waals surface area contributed by atoms with Crippen molar-refractivity contribution >= 4 is 33.0 Å². The first-order valence-corrected chi connectivity index (χ1v) is 10.0. The molecule has 1 aromatic heterocycles. The molecule has 0 spiro atoms. The number of halogens is 4. The van der Waals surface area contributed by atoms with E-state index in [0.29, 0.717) is 16.8 Å². The van der Waals surface area contributed by atoms with Gasteiger partial charge in [-0.25, -0.2) is 13.1 Å². The van der Waals surface area contributed by atoms with Crippen LogP contribution in [0.5, 0.6) is 5.75 Å². The molecule has 0 aliphatic carbocycles. The van der Waals surface area contributed by atoms with Crippen molar-refractivity contribution in [1.29, 1.82) is 0 Å². The zero-order chi connectivity index (χ0) is 22.1. The van der Waals surface area contributed by atoms with E-state index in [1.54, 1.807) is 24.3 Å². The number of nitrogens with one attached hydrogen (secondary N) is 1. The van der Waals surface area contributed by atoms with Crippen LogP contribution in [0.2, 0.25) is 5.02 Å². The molecule has 0 aliphatic heterocycles. The fourth-order valence-electron chi connectivity index (χ4n) is 2.48. The minimum Gasteiger partial charge on any atom is -0.495 e. The van der Waals surface area contributed by atoms with Crippen molar-refractivity contribution < 1.29 is 31.1 Å². The average molecular weight is 460 g/mol. The number of ether oxygens (including phenoxy) is 1. The van der Waals surface area contributed by atoms with E-state index in [4.69, 9.17) is 16.3 Å².